The molecule has 8 heteroatoms. The number of carbonyl (C=O) groups is 1. The van der Waals surface area contributed by atoms with Gasteiger partial charge in [-0.2, -0.15) is 5.26 Å². The average molecular weight is 555 g/mol. The van der Waals surface area contributed by atoms with Gasteiger partial charge in [0.05, 0.1) is 13.7 Å². The number of anilines is 1. The summed E-state index contributed by atoms with van der Waals surface area (Å²) in [6.07, 6.45) is 8.47. The summed E-state index contributed by atoms with van der Waals surface area (Å²) in [6.45, 7) is 2.79. The second-order valence-electron chi connectivity index (χ2n) is 7.88. The molecule has 0 saturated carbocycles. The molecule has 182 valence electrons. The number of hydrogen-bond acceptors (Lipinski definition) is 6. The Morgan fingerprint density at radius 2 is 1.97 bits per heavy atom. The van der Waals surface area contributed by atoms with Crippen molar-refractivity contribution in [2.75, 3.05) is 19.0 Å². The first-order chi connectivity index (χ1) is 17.0. The van der Waals surface area contributed by atoms with E-state index < -0.39 is 5.91 Å². The number of thiazole rings is 1. The van der Waals surface area contributed by atoms with Crippen molar-refractivity contribution < 1.29 is 14.3 Å². The van der Waals surface area contributed by atoms with E-state index in [1.54, 1.807) is 31.5 Å². The number of nitrogens with zero attached hydrogens (tertiary/aromatic N) is 2. The quantitative estimate of drug-likeness (QED) is 0.148. The fourth-order valence-electron chi connectivity index (χ4n) is 3.33. The second-order valence-corrected chi connectivity index (χ2v) is 9.91. The van der Waals surface area contributed by atoms with Crippen LogP contribution >= 0.6 is 27.3 Å². The number of unbranched alkanes of at least 4 members (excludes halogenated alkanes) is 3. The molecule has 0 aliphatic carbocycles. The highest BCUT2D eigenvalue weighted by atomic mass is 79.9. The van der Waals surface area contributed by atoms with E-state index in [1.165, 1.54) is 30.3 Å². The maximum atomic E-state index is 12.7. The zero-order valence-corrected chi connectivity index (χ0v) is 22.2. The van der Waals surface area contributed by atoms with Gasteiger partial charge in [-0.3, -0.25) is 10.1 Å². The highest BCUT2D eigenvalue weighted by Gasteiger charge is 2.13. The van der Waals surface area contributed by atoms with Gasteiger partial charge in [-0.1, -0.05) is 60.3 Å². The molecule has 0 aliphatic rings. The molecule has 6 nitrogen and oxygen atoms in total. The van der Waals surface area contributed by atoms with Crippen LogP contribution in [0.4, 0.5) is 5.13 Å². The molecule has 1 heterocycles. The van der Waals surface area contributed by atoms with Gasteiger partial charge in [-0.15, -0.1) is 11.3 Å². The van der Waals surface area contributed by atoms with Crippen LogP contribution in [0.2, 0.25) is 0 Å². The van der Waals surface area contributed by atoms with Gasteiger partial charge in [-0.05, 0) is 47.9 Å². The van der Waals surface area contributed by atoms with E-state index in [-0.39, 0.29) is 5.57 Å². The van der Waals surface area contributed by atoms with Crippen molar-refractivity contribution in [2.24, 2.45) is 0 Å². The third-order valence-corrected chi connectivity index (χ3v) is 6.63. The Morgan fingerprint density at radius 3 is 2.69 bits per heavy atom. The smallest absolute Gasteiger partial charge is 0.268 e. The Kier molecular flexibility index (Phi) is 10.3. The van der Waals surface area contributed by atoms with Crippen LogP contribution in [-0.2, 0) is 11.2 Å². The van der Waals surface area contributed by atoms with E-state index in [0.29, 0.717) is 35.2 Å². The number of nitrogens with one attached hydrogen (secondary N) is 1. The van der Waals surface area contributed by atoms with Gasteiger partial charge in [-0.25, -0.2) is 4.98 Å². The lowest BCUT2D eigenvalue weighted by Crippen LogP contribution is -2.13. The molecule has 0 radical (unpaired) electrons. The van der Waals surface area contributed by atoms with Crippen LogP contribution in [0.15, 0.2) is 58.7 Å². The molecule has 0 fully saturated rings. The first kappa shape index (κ1) is 26.5. The van der Waals surface area contributed by atoms with E-state index in [9.17, 15) is 10.1 Å². The molecule has 0 spiro atoms. The molecule has 0 saturated heterocycles. The minimum atomic E-state index is -0.507. The lowest BCUT2D eigenvalue weighted by molar-refractivity contribution is -0.112. The second kappa shape index (κ2) is 13.7. The third kappa shape index (κ3) is 8.23. The molecule has 0 atom stereocenters. The molecule has 1 N–H and O–H groups in total. The minimum Gasteiger partial charge on any atom is -0.493 e. The predicted molar refractivity (Wildman–Crippen MR) is 144 cm³/mol. The van der Waals surface area contributed by atoms with Crippen molar-refractivity contribution in [1.29, 1.82) is 5.26 Å². The normalized spacial score (nSPS) is 11.1. The number of aromatic nitrogens is 1. The topological polar surface area (TPSA) is 84.2 Å². The van der Waals surface area contributed by atoms with Gasteiger partial charge in [0, 0.05) is 22.0 Å². The van der Waals surface area contributed by atoms with E-state index in [1.807, 2.05) is 30.3 Å². The fourth-order valence-corrected chi connectivity index (χ4v) is 4.44. The van der Waals surface area contributed by atoms with Crippen LogP contribution in [-0.4, -0.2) is 24.6 Å². The summed E-state index contributed by atoms with van der Waals surface area (Å²) in [5.74, 6) is 0.696. The molecule has 0 unspecified atom stereocenters. The van der Waals surface area contributed by atoms with Crippen LogP contribution in [0.25, 0.3) is 6.08 Å². The molecule has 35 heavy (non-hydrogen) atoms. The number of rotatable bonds is 12. The third-order valence-electron chi connectivity index (χ3n) is 5.18. The minimum absolute atomic E-state index is 0.0232. The summed E-state index contributed by atoms with van der Waals surface area (Å²) in [7, 11) is 1.57. The maximum Gasteiger partial charge on any atom is 0.268 e. The molecule has 2 aromatic carbocycles. The van der Waals surface area contributed by atoms with Gasteiger partial charge in [0.1, 0.15) is 11.6 Å². The Hall–Kier alpha value is -3.15. The van der Waals surface area contributed by atoms with Gasteiger partial charge in [0.2, 0.25) is 0 Å². The number of benzene rings is 2. The van der Waals surface area contributed by atoms with Gasteiger partial charge < -0.3 is 9.47 Å². The van der Waals surface area contributed by atoms with E-state index in [0.717, 1.165) is 27.8 Å². The monoisotopic (exact) mass is 553 g/mol. The zero-order chi connectivity index (χ0) is 25.0. The molecule has 1 aromatic heterocycles. The van der Waals surface area contributed by atoms with Gasteiger partial charge in [0.25, 0.3) is 5.91 Å². The van der Waals surface area contributed by atoms with Crippen molar-refractivity contribution >= 4 is 44.4 Å². The number of hydrogen-bond donors (Lipinski definition) is 1. The molecule has 3 aromatic rings. The van der Waals surface area contributed by atoms with Crippen LogP contribution in [0.5, 0.6) is 11.5 Å². The average Bonchev–Trinajstić information content (AvgIpc) is 3.30. The van der Waals surface area contributed by atoms with Gasteiger partial charge >= 0.3 is 0 Å². The SMILES string of the molecule is CCCCCCOc1ccc(/C=C(\C#N)C(=O)Nc2ncc(Cc3ccc(Br)cc3)s2)cc1OC. The Labute approximate surface area is 218 Å². The summed E-state index contributed by atoms with van der Waals surface area (Å²) >= 11 is 4.82. The van der Waals surface area contributed by atoms with Crippen molar-refractivity contribution in [3.8, 4) is 17.6 Å². The summed E-state index contributed by atoms with van der Waals surface area (Å²) in [5.41, 5.74) is 1.79. The zero-order valence-electron chi connectivity index (χ0n) is 19.8. The largest absolute Gasteiger partial charge is 0.493 e. The predicted octanol–water partition coefficient (Wildman–Crippen LogP) is 7.01. The van der Waals surface area contributed by atoms with E-state index in [2.05, 4.69) is 33.2 Å². The van der Waals surface area contributed by atoms with Crippen molar-refractivity contribution in [2.45, 2.75) is 39.0 Å². The molecule has 1 amide bonds. The summed E-state index contributed by atoms with van der Waals surface area (Å²) in [5, 5.41) is 12.7. The van der Waals surface area contributed by atoms with Crippen LogP contribution in [0.3, 0.4) is 0 Å². The van der Waals surface area contributed by atoms with Crippen molar-refractivity contribution in [3.63, 3.8) is 0 Å². The van der Waals surface area contributed by atoms with Crippen molar-refractivity contribution in [1.82, 2.24) is 4.98 Å². The fraction of sp³-hybridized carbons (Fsp3) is 0.296. The molecule has 3 rings (SSSR count). The summed E-state index contributed by atoms with van der Waals surface area (Å²) in [6, 6.07) is 15.4. The van der Waals surface area contributed by atoms with Gasteiger partial charge in [0.15, 0.2) is 16.6 Å². The van der Waals surface area contributed by atoms with Crippen LogP contribution in [0, 0.1) is 11.3 Å². The number of methoxy groups -OCH3 is 1. The van der Waals surface area contributed by atoms with E-state index >= 15 is 0 Å². The Balaban J connectivity index is 1.63. The molecule has 0 aliphatic heterocycles. The molecular weight excluding hydrogens is 526 g/mol. The first-order valence-corrected chi connectivity index (χ1v) is 13.1. The highest BCUT2D eigenvalue weighted by Crippen LogP contribution is 2.29. The summed E-state index contributed by atoms with van der Waals surface area (Å²) < 4.78 is 12.3. The Bertz CT molecular complexity index is 1200. The number of nitriles is 1. The number of amides is 1. The standard InChI is InChI=1S/C27H28BrN3O3S/c1-3-4-5-6-13-34-24-12-9-20(16-25(24)33-2)14-21(17-29)26(32)31-27-30-18-23(35-27)15-19-7-10-22(28)11-8-19/h7-12,14,16,18H,3-6,13,15H2,1-2H3,(H,30,31,32)/b21-14+. The summed E-state index contributed by atoms with van der Waals surface area (Å²) in [4.78, 5) is 18.0. The number of ether oxygens (including phenoxy) is 2. The van der Waals surface area contributed by atoms with E-state index in [4.69, 9.17) is 9.47 Å². The van der Waals surface area contributed by atoms with Crippen LogP contribution in [0.1, 0.15) is 48.6 Å². The van der Waals surface area contributed by atoms with Crippen LogP contribution < -0.4 is 14.8 Å². The highest BCUT2D eigenvalue weighted by molar-refractivity contribution is 9.10. The maximum absolute atomic E-state index is 12.7. The Morgan fingerprint density at radius 1 is 1.17 bits per heavy atom. The number of carbonyl (C=O) groups excluding carboxylic acids is 1. The first-order valence-electron chi connectivity index (χ1n) is 11.5. The number of halogens is 1. The lowest BCUT2D eigenvalue weighted by Gasteiger charge is -2.11. The molecular formula is C27H28BrN3O3S. The molecule has 0 bridgehead atoms. The van der Waals surface area contributed by atoms with Crippen molar-refractivity contribution in [3.05, 3.63) is 74.7 Å². The lowest BCUT2D eigenvalue weighted by atomic mass is 10.1.